The van der Waals surface area contributed by atoms with Crippen LogP contribution in [0.3, 0.4) is 0 Å². The molecule has 1 aliphatic heterocycles. The number of aliphatic hydroxyl groups is 1. The number of nitrogens with zero attached hydrogens (tertiary/aromatic N) is 3. The van der Waals surface area contributed by atoms with Crippen molar-refractivity contribution in [2.24, 2.45) is 5.41 Å². The number of aromatic nitrogens is 3. The first-order valence-electron chi connectivity index (χ1n) is 9.57. The molecule has 1 saturated heterocycles. The van der Waals surface area contributed by atoms with Crippen molar-refractivity contribution < 1.29 is 19.4 Å². The molecular weight excluding hydrogens is 358 g/mol. The number of hydrogen-bond donors (Lipinski definition) is 1. The molecule has 7 nitrogen and oxygen atoms in total. The first-order chi connectivity index (χ1) is 13.7. The smallest absolute Gasteiger partial charge is 0.312 e. The van der Waals surface area contributed by atoms with Gasteiger partial charge in [-0.1, -0.05) is 18.2 Å². The van der Waals surface area contributed by atoms with Crippen LogP contribution >= 0.6 is 0 Å². The van der Waals surface area contributed by atoms with E-state index in [1.165, 1.54) is 0 Å². The monoisotopic (exact) mass is 379 g/mol. The summed E-state index contributed by atoms with van der Waals surface area (Å²) >= 11 is 0. The van der Waals surface area contributed by atoms with Crippen molar-refractivity contribution in [2.45, 2.75) is 31.8 Å². The third kappa shape index (κ3) is 3.01. The predicted octanol–water partition coefficient (Wildman–Crippen LogP) is 2.43. The number of esters is 1. The lowest BCUT2D eigenvalue weighted by Gasteiger charge is -2.15. The van der Waals surface area contributed by atoms with E-state index in [9.17, 15) is 9.90 Å². The number of cyclic esters (lactones) is 1. The van der Waals surface area contributed by atoms with Gasteiger partial charge in [0.1, 0.15) is 35.2 Å². The normalized spacial score (nSPS) is 19.9. The first-order valence-corrected chi connectivity index (χ1v) is 9.57. The van der Waals surface area contributed by atoms with Crippen molar-refractivity contribution in [2.75, 3.05) is 13.2 Å². The van der Waals surface area contributed by atoms with E-state index in [0.29, 0.717) is 24.5 Å². The largest absolute Gasteiger partial charge is 0.487 e. The number of aliphatic hydroxyl groups excluding tert-OH is 1. The average Bonchev–Trinajstić information content (AvgIpc) is 3.24. The van der Waals surface area contributed by atoms with E-state index in [-0.39, 0.29) is 24.1 Å². The molecule has 2 heterocycles. The molecule has 0 bridgehead atoms. The van der Waals surface area contributed by atoms with Gasteiger partial charge in [0.2, 0.25) is 0 Å². The Balaban J connectivity index is 1.42. The van der Waals surface area contributed by atoms with Crippen LogP contribution in [0.4, 0.5) is 0 Å². The lowest BCUT2D eigenvalue weighted by molar-refractivity contribution is -0.146. The molecule has 144 valence electrons. The number of hydrogen-bond acceptors (Lipinski definition) is 6. The molecule has 28 heavy (non-hydrogen) atoms. The van der Waals surface area contributed by atoms with Crippen LogP contribution in [0.25, 0.3) is 16.7 Å². The molecule has 5 rings (SSSR count). The van der Waals surface area contributed by atoms with Crippen LogP contribution in [0.5, 0.6) is 5.75 Å². The third-order valence-corrected chi connectivity index (χ3v) is 5.53. The molecular formula is C21H21N3O4. The Morgan fingerprint density at radius 3 is 2.57 bits per heavy atom. The number of benzene rings is 2. The maximum atomic E-state index is 12.0. The highest BCUT2D eigenvalue weighted by Crippen LogP contribution is 2.54. The summed E-state index contributed by atoms with van der Waals surface area (Å²) in [6.45, 7) is 0.370. The minimum atomic E-state index is -0.233. The second kappa shape index (κ2) is 6.60. The topological polar surface area (TPSA) is 86.5 Å². The number of carbonyl (C=O) groups excluding carboxylic acids is 1. The van der Waals surface area contributed by atoms with Crippen LogP contribution in [0.1, 0.15) is 24.8 Å². The summed E-state index contributed by atoms with van der Waals surface area (Å²) in [7, 11) is 0. The molecule has 1 N–H and O–H groups in total. The zero-order valence-electron chi connectivity index (χ0n) is 15.4. The fourth-order valence-electron chi connectivity index (χ4n) is 3.77. The average molecular weight is 379 g/mol. The minimum Gasteiger partial charge on any atom is -0.487 e. The van der Waals surface area contributed by atoms with E-state index in [4.69, 9.17) is 9.47 Å². The van der Waals surface area contributed by atoms with Crippen molar-refractivity contribution >= 4 is 17.0 Å². The highest BCUT2D eigenvalue weighted by atomic mass is 16.6. The maximum absolute atomic E-state index is 12.0. The highest BCUT2D eigenvalue weighted by molar-refractivity contribution is 5.82. The fourth-order valence-corrected chi connectivity index (χ4v) is 3.77. The van der Waals surface area contributed by atoms with Crippen LogP contribution in [0.2, 0.25) is 0 Å². The molecule has 7 heteroatoms. The molecule has 2 aromatic carbocycles. The van der Waals surface area contributed by atoms with Gasteiger partial charge in [0, 0.05) is 13.0 Å². The van der Waals surface area contributed by atoms with Crippen LogP contribution in [-0.2, 0) is 16.0 Å². The third-order valence-electron chi connectivity index (χ3n) is 5.53. The number of carbonyl (C=O) groups is 1. The number of rotatable bonds is 6. The van der Waals surface area contributed by atoms with Crippen molar-refractivity contribution in [3.05, 3.63) is 48.0 Å². The van der Waals surface area contributed by atoms with Crippen molar-refractivity contribution in [3.8, 4) is 11.4 Å². The Labute approximate surface area is 161 Å². The minimum absolute atomic E-state index is 0.0638. The fraction of sp³-hybridized carbons (Fsp3) is 0.381. The van der Waals surface area contributed by atoms with Crippen LogP contribution in [-0.4, -0.2) is 45.4 Å². The predicted molar refractivity (Wildman–Crippen MR) is 101 cm³/mol. The molecule has 0 radical (unpaired) electrons. The van der Waals surface area contributed by atoms with Gasteiger partial charge < -0.3 is 14.6 Å². The van der Waals surface area contributed by atoms with E-state index in [2.05, 4.69) is 10.2 Å². The van der Waals surface area contributed by atoms with Gasteiger partial charge in [-0.05, 0) is 49.1 Å². The van der Waals surface area contributed by atoms with E-state index >= 15 is 0 Å². The lowest BCUT2D eigenvalue weighted by atomic mass is 10.0. The molecule has 1 saturated carbocycles. The lowest BCUT2D eigenvalue weighted by Crippen LogP contribution is -2.18. The molecule has 1 spiro atoms. The van der Waals surface area contributed by atoms with Gasteiger partial charge >= 0.3 is 5.97 Å². The van der Waals surface area contributed by atoms with Crippen molar-refractivity contribution in [1.82, 2.24) is 15.0 Å². The summed E-state index contributed by atoms with van der Waals surface area (Å²) in [5.74, 6) is 0.536. The summed E-state index contributed by atoms with van der Waals surface area (Å²) in [6.07, 6.45) is 2.90. The number of fused-ring (bicyclic) bond motifs is 1. The van der Waals surface area contributed by atoms with E-state index in [1.807, 2.05) is 42.5 Å². The summed E-state index contributed by atoms with van der Waals surface area (Å²) in [5.41, 5.74) is 3.02. The Hall–Kier alpha value is -2.93. The van der Waals surface area contributed by atoms with Gasteiger partial charge in [-0.2, -0.15) is 0 Å². The van der Waals surface area contributed by atoms with Crippen LogP contribution in [0.15, 0.2) is 42.5 Å². The van der Waals surface area contributed by atoms with Crippen molar-refractivity contribution in [1.29, 1.82) is 0 Å². The Kier molecular flexibility index (Phi) is 4.05. The second-order valence-corrected chi connectivity index (χ2v) is 7.58. The van der Waals surface area contributed by atoms with E-state index in [1.54, 1.807) is 4.80 Å². The molecule has 3 aromatic rings. The van der Waals surface area contributed by atoms with Gasteiger partial charge in [0.15, 0.2) is 0 Å². The molecule has 1 atom stereocenters. The first kappa shape index (κ1) is 17.2. The maximum Gasteiger partial charge on any atom is 0.312 e. The summed E-state index contributed by atoms with van der Waals surface area (Å²) in [5, 5.41) is 18.4. The standard InChI is InChI=1S/C21H21N3O4/c25-10-7-14-5-6-19(27-13-15-12-21(8-9-21)20(26)28-15)18(11-14)24-22-16-3-1-2-4-17(16)23-24/h1-6,11,15,25H,7-10,12-13H2. The zero-order chi connectivity index (χ0) is 19.1. The van der Waals surface area contributed by atoms with Crippen LogP contribution in [0, 0.1) is 5.41 Å². The van der Waals surface area contributed by atoms with E-state index < -0.39 is 0 Å². The molecule has 1 aromatic heterocycles. The molecule has 1 aliphatic carbocycles. The Morgan fingerprint density at radius 1 is 1.18 bits per heavy atom. The SMILES string of the molecule is O=C1OC(COc2ccc(CCO)cc2-n2nc3ccccc3n2)CC12CC2. The summed E-state index contributed by atoms with van der Waals surface area (Å²) in [4.78, 5) is 13.5. The summed E-state index contributed by atoms with van der Waals surface area (Å²) < 4.78 is 11.5. The summed E-state index contributed by atoms with van der Waals surface area (Å²) in [6, 6.07) is 13.4. The quantitative estimate of drug-likeness (QED) is 0.662. The second-order valence-electron chi connectivity index (χ2n) is 7.58. The molecule has 2 fully saturated rings. The van der Waals surface area contributed by atoms with Gasteiger partial charge in [0.05, 0.1) is 5.41 Å². The Morgan fingerprint density at radius 2 is 1.93 bits per heavy atom. The molecule has 2 aliphatic rings. The van der Waals surface area contributed by atoms with Gasteiger partial charge in [-0.15, -0.1) is 15.0 Å². The Bertz CT molecular complexity index is 1010. The van der Waals surface area contributed by atoms with Gasteiger partial charge in [-0.25, -0.2) is 0 Å². The van der Waals surface area contributed by atoms with Crippen molar-refractivity contribution in [3.63, 3.8) is 0 Å². The van der Waals surface area contributed by atoms with E-state index in [0.717, 1.165) is 35.9 Å². The molecule has 0 amide bonds. The van der Waals surface area contributed by atoms with Gasteiger partial charge in [0.25, 0.3) is 0 Å². The van der Waals surface area contributed by atoms with Crippen LogP contribution < -0.4 is 4.74 Å². The highest BCUT2D eigenvalue weighted by Gasteiger charge is 2.57. The number of ether oxygens (including phenoxy) is 2. The zero-order valence-corrected chi connectivity index (χ0v) is 15.4. The molecule has 1 unspecified atom stereocenters. The van der Waals surface area contributed by atoms with Gasteiger partial charge in [-0.3, -0.25) is 4.79 Å².